The second kappa shape index (κ2) is 6.99. The molecule has 0 N–H and O–H groups in total. The van der Waals surface area contributed by atoms with Crippen LogP contribution in [0.3, 0.4) is 0 Å². The Kier molecular flexibility index (Phi) is 7.18. The maximum atomic E-state index is 4.32. The summed E-state index contributed by atoms with van der Waals surface area (Å²) in [4.78, 5) is 0. The van der Waals surface area contributed by atoms with E-state index in [1.165, 1.54) is 32.4 Å². The van der Waals surface area contributed by atoms with Crippen LogP contribution < -0.4 is 0 Å². The maximum absolute atomic E-state index is 4.32. The molecule has 0 amide bonds. The highest BCUT2D eigenvalue weighted by atomic mass is 32.1. The van der Waals surface area contributed by atoms with Gasteiger partial charge in [0.1, 0.15) is 0 Å². The summed E-state index contributed by atoms with van der Waals surface area (Å²) in [6, 6.07) is 0. The van der Waals surface area contributed by atoms with Gasteiger partial charge in [0, 0.05) is 13.1 Å². The van der Waals surface area contributed by atoms with Gasteiger partial charge in [-0.05, 0) is 18.8 Å². The number of hydrogen-bond donors (Lipinski definition) is 1. The van der Waals surface area contributed by atoms with Crippen molar-refractivity contribution in [1.82, 2.24) is 4.31 Å². The molecule has 0 aromatic heterocycles. The third-order valence-corrected chi connectivity index (χ3v) is 2.25. The van der Waals surface area contributed by atoms with Crippen molar-refractivity contribution in [2.24, 2.45) is 5.92 Å². The Morgan fingerprint density at radius 3 is 2.55 bits per heavy atom. The molecule has 2 heteroatoms. The second-order valence-corrected chi connectivity index (χ2v) is 3.58. The molecular formula is C9H21NS. The van der Waals surface area contributed by atoms with Gasteiger partial charge in [-0.2, -0.15) is 0 Å². The van der Waals surface area contributed by atoms with Gasteiger partial charge in [0.05, 0.1) is 0 Å². The van der Waals surface area contributed by atoms with Gasteiger partial charge >= 0.3 is 0 Å². The number of nitrogens with zero attached hydrogens (tertiary/aromatic N) is 1. The molecular weight excluding hydrogens is 154 g/mol. The third kappa shape index (κ3) is 5.57. The van der Waals surface area contributed by atoms with Crippen LogP contribution in [0.5, 0.6) is 0 Å². The van der Waals surface area contributed by atoms with E-state index in [0.29, 0.717) is 0 Å². The van der Waals surface area contributed by atoms with Gasteiger partial charge in [-0.15, -0.1) is 0 Å². The fourth-order valence-corrected chi connectivity index (χ4v) is 1.75. The standard InChI is InChI=1S/C7H15NS.C2H6/c1-7-4-2-3-5-8(9)6-7;1-2/h7,9H,2-6H2,1H3;1-2H3. The molecule has 0 saturated carbocycles. The lowest BCUT2D eigenvalue weighted by molar-refractivity contribution is 0.424. The second-order valence-electron chi connectivity index (χ2n) is 3.01. The molecule has 1 saturated heterocycles. The summed E-state index contributed by atoms with van der Waals surface area (Å²) < 4.78 is 2.14. The van der Waals surface area contributed by atoms with Crippen LogP contribution in [-0.2, 0) is 0 Å². The Morgan fingerprint density at radius 1 is 1.27 bits per heavy atom. The smallest absolute Gasteiger partial charge is 0.0113 e. The van der Waals surface area contributed by atoms with Gasteiger partial charge in [0.25, 0.3) is 0 Å². The largest absolute Gasteiger partial charge is 0.253 e. The molecule has 1 nitrogen and oxygen atoms in total. The average molecular weight is 175 g/mol. The first-order valence-electron chi connectivity index (χ1n) is 4.73. The number of rotatable bonds is 0. The van der Waals surface area contributed by atoms with E-state index in [4.69, 9.17) is 0 Å². The lowest BCUT2D eigenvalue weighted by Crippen LogP contribution is -2.16. The molecule has 0 aromatic carbocycles. The van der Waals surface area contributed by atoms with Crippen LogP contribution in [0, 0.1) is 5.92 Å². The van der Waals surface area contributed by atoms with Gasteiger partial charge in [-0.25, -0.2) is 0 Å². The van der Waals surface area contributed by atoms with E-state index in [1.54, 1.807) is 0 Å². The minimum Gasteiger partial charge on any atom is -0.253 e. The van der Waals surface area contributed by atoms with Crippen molar-refractivity contribution in [2.45, 2.75) is 40.0 Å². The average Bonchev–Trinajstić information content (AvgIpc) is 2.18. The summed E-state index contributed by atoms with van der Waals surface area (Å²) in [5, 5.41) is 0. The van der Waals surface area contributed by atoms with E-state index in [-0.39, 0.29) is 0 Å². The van der Waals surface area contributed by atoms with Gasteiger partial charge < -0.3 is 0 Å². The molecule has 1 fully saturated rings. The molecule has 0 bridgehead atoms. The fraction of sp³-hybridized carbons (Fsp3) is 1.00. The molecule has 1 unspecified atom stereocenters. The van der Waals surface area contributed by atoms with E-state index in [2.05, 4.69) is 24.0 Å². The molecule has 1 rings (SSSR count). The first kappa shape index (κ1) is 11.3. The lowest BCUT2D eigenvalue weighted by atomic mass is 10.1. The first-order chi connectivity index (χ1) is 5.29. The Bertz CT molecular complexity index is 75.6. The van der Waals surface area contributed by atoms with Gasteiger partial charge in [0.15, 0.2) is 0 Å². The summed E-state index contributed by atoms with van der Waals surface area (Å²) in [5.41, 5.74) is 0. The van der Waals surface area contributed by atoms with Gasteiger partial charge in [-0.1, -0.05) is 40.0 Å². The minimum absolute atomic E-state index is 0.852. The third-order valence-electron chi connectivity index (χ3n) is 1.89. The molecule has 0 aliphatic carbocycles. The van der Waals surface area contributed by atoms with E-state index in [1.807, 2.05) is 13.8 Å². The maximum Gasteiger partial charge on any atom is 0.0113 e. The zero-order chi connectivity index (χ0) is 8.69. The molecule has 0 radical (unpaired) electrons. The van der Waals surface area contributed by atoms with Gasteiger partial charge in [0.2, 0.25) is 0 Å². The summed E-state index contributed by atoms with van der Waals surface area (Å²) in [6.45, 7) is 8.64. The van der Waals surface area contributed by atoms with Crippen LogP contribution in [0.15, 0.2) is 0 Å². The number of hydrogen-bond acceptors (Lipinski definition) is 2. The predicted octanol–water partition coefficient (Wildman–Crippen LogP) is 2.98. The molecule has 1 atom stereocenters. The summed E-state index contributed by atoms with van der Waals surface area (Å²) in [5.74, 6) is 0.852. The van der Waals surface area contributed by atoms with Crippen LogP contribution in [0.25, 0.3) is 0 Å². The Balaban J connectivity index is 0.000000461. The monoisotopic (exact) mass is 175 g/mol. The fourth-order valence-electron chi connectivity index (χ4n) is 1.33. The summed E-state index contributed by atoms with van der Waals surface area (Å²) in [6.07, 6.45) is 4.10. The molecule has 0 spiro atoms. The van der Waals surface area contributed by atoms with Crippen LogP contribution in [0.1, 0.15) is 40.0 Å². The van der Waals surface area contributed by atoms with Crippen LogP contribution in [0.2, 0.25) is 0 Å². The molecule has 0 aromatic rings. The van der Waals surface area contributed by atoms with Crippen molar-refractivity contribution in [3.63, 3.8) is 0 Å². The van der Waals surface area contributed by atoms with Crippen LogP contribution in [0.4, 0.5) is 0 Å². The normalized spacial score (nSPS) is 26.7. The lowest BCUT2D eigenvalue weighted by Gasteiger charge is -2.13. The van der Waals surface area contributed by atoms with E-state index < -0.39 is 0 Å². The van der Waals surface area contributed by atoms with Crippen molar-refractivity contribution < 1.29 is 0 Å². The van der Waals surface area contributed by atoms with Crippen molar-refractivity contribution in [2.75, 3.05) is 13.1 Å². The molecule has 1 aliphatic heterocycles. The Morgan fingerprint density at radius 2 is 1.91 bits per heavy atom. The minimum atomic E-state index is 0.852. The zero-order valence-electron chi connectivity index (χ0n) is 8.01. The van der Waals surface area contributed by atoms with E-state index in [9.17, 15) is 0 Å². The summed E-state index contributed by atoms with van der Waals surface area (Å²) in [7, 11) is 0. The first-order valence-corrected chi connectivity index (χ1v) is 5.13. The highest BCUT2D eigenvalue weighted by Gasteiger charge is 2.10. The van der Waals surface area contributed by atoms with Crippen LogP contribution in [-0.4, -0.2) is 17.4 Å². The van der Waals surface area contributed by atoms with Crippen molar-refractivity contribution in [1.29, 1.82) is 0 Å². The molecule has 1 aliphatic rings. The predicted molar refractivity (Wildman–Crippen MR) is 54.9 cm³/mol. The summed E-state index contributed by atoms with van der Waals surface area (Å²) >= 11 is 4.32. The van der Waals surface area contributed by atoms with E-state index >= 15 is 0 Å². The Labute approximate surface area is 76.7 Å². The highest BCUT2D eigenvalue weighted by molar-refractivity contribution is 7.77. The topological polar surface area (TPSA) is 3.24 Å². The van der Waals surface area contributed by atoms with Crippen molar-refractivity contribution in [3.8, 4) is 0 Å². The zero-order valence-corrected chi connectivity index (χ0v) is 8.90. The number of thiol groups is 1. The molecule has 11 heavy (non-hydrogen) atoms. The van der Waals surface area contributed by atoms with Crippen molar-refractivity contribution in [3.05, 3.63) is 0 Å². The van der Waals surface area contributed by atoms with Gasteiger partial charge in [-0.3, -0.25) is 4.31 Å². The van der Waals surface area contributed by atoms with Crippen LogP contribution >= 0.6 is 12.8 Å². The quantitative estimate of drug-likeness (QED) is 0.554. The Hall–Kier alpha value is 0.310. The van der Waals surface area contributed by atoms with Crippen molar-refractivity contribution >= 4 is 12.8 Å². The molecule has 68 valence electrons. The van der Waals surface area contributed by atoms with E-state index in [0.717, 1.165) is 5.92 Å². The molecule has 1 heterocycles. The SMILES string of the molecule is CC.CC1CCCCN(S)C1. The highest BCUT2D eigenvalue weighted by Crippen LogP contribution is 2.16.